The van der Waals surface area contributed by atoms with Crippen LogP contribution in [0.2, 0.25) is 0 Å². The maximum absolute atomic E-state index is 15.0. The van der Waals surface area contributed by atoms with Crippen LogP contribution >= 0.6 is 0 Å². The number of Topliss-reactive ketones (excluding diaryl/α,β-unsaturated/α-hetero) is 4. The van der Waals surface area contributed by atoms with Crippen LogP contribution in [0, 0.1) is 30.6 Å². The van der Waals surface area contributed by atoms with E-state index < -0.39 is 262 Å². The van der Waals surface area contributed by atoms with E-state index >= 15 is 4.79 Å². The normalized spacial score (nSPS) is 21.0. The Hall–Kier alpha value is -12.1. The number of rotatable bonds is 40. The quantitative estimate of drug-likeness (QED) is 0.00982. The summed E-state index contributed by atoms with van der Waals surface area (Å²) in [5.41, 5.74) is 13.5. The number of carboxylic acid groups (broad SMARTS) is 2. The number of primary amides is 1. The Bertz CT molecular complexity index is 4060. The Kier molecular flexibility index (Phi) is 42.5. The first kappa shape index (κ1) is 98.3. The molecule has 1 aliphatic rings. The van der Waals surface area contributed by atoms with Gasteiger partial charge in [-0.2, -0.15) is 0 Å². The van der Waals surface area contributed by atoms with Crippen LogP contribution in [0.4, 0.5) is 5.69 Å². The van der Waals surface area contributed by atoms with Crippen LogP contribution in [0.5, 0.6) is 0 Å². The molecule has 19 N–H and O–H groups in total. The summed E-state index contributed by atoms with van der Waals surface area (Å²) in [6.45, 7) is 3.61. The van der Waals surface area contributed by atoms with Crippen molar-refractivity contribution in [1.29, 1.82) is 0 Å². The van der Waals surface area contributed by atoms with Gasteiger partial charge in [-0.05, 0) is 83.2 Å². The number of fused-ring (bicyclic) bond motifs is 1. The van der Waals surface area contributed by atoms with Gasteiger partial charge in [0.1, 0.15) is 55.6 Å². The van der Waals surface area contributed by atoms with Crippen LogP contribution in [0.3, 0.4) is 0 Å². The first-order valence-corrected chi connectivity index (χ1v) is 38.9. The fourth-order valence-corrected chi connectivity index (χ4v) is 13.0. The molecule has 1 saturated heterocycles. The number of aliphatic hydroxyl groups is 1. The Morgan fingerprint density at radius 3 is 1.89 bits per heavy atom. The number of carboxylic acids is 2. The Morgan fingerprint density at radius 1 is 0.644 bits per heavy atom. The van der Waals surface area contributed by atoms with E-state index in [1.807, 2.05) is 0 Å². The van der Waals surface area contributed by atoms with Crippen molar-refractivity contribution >= 4 is 136 Å². The van der Waals surface area contributed by atoms with Gasteiger partial charge in [0.2, 0.25) is 65.0 Å². The molecule has 0 bridgehead atoms. The summed E-state index contributed by atoms with van der Waals surface area (Å²) in [4.78, 5) is 278. The second-order valence-corrected chi connectivity index (χ2v) is 28.7. The molecule has 0 saturated carbocycles. The number of para-hydroxylation sites is 2. The Labute approximate surface area is 679 Å². The number of benzene rings is 2. The number of ether oxygens (including phenoxy) is 3. The van der Waals surface area contributed by atoms with Crippen LogP contribution in [-0.2, 0) is 112 Å². The summed E-state index contributed by atoms with van der Waals surface area (Å²) in [7, 11) is 0. The molecule has 0 radical (unpaired) electrons. The number of aliphatic hydroxyl groups excluding tert-OH is 1. The van der Waals surface area contributed by atoms with Crippen molar-refractivity contribution in [2.75, 3.05) is 51.3 Å². The molecule has 0 aliphatic carbocycles. The largest absolute Gasteiger partial charge is 0.481 e. The SMILES string of the molecule is CCCCCCCCCC(=O)N[C@@H](Cc1c(C)[nH]c2ccccc12)C(=O)N[C@H](CC(N)=O)C(=O)C[C@@H](CC(=O)O)C(=O)N[C@@H]1C(=O)NCC(=O)N[C@@H](CCCN)C(=O)C[C@@H](COC=O)C(=O)N[C@H](C)C(=O)N[C@@H](COC=O)C(=O)NCC(=O)N[C@H](CO)C(=O)C[C@@H]([C@H](C)CC(=O)O)C(=O)N[C@@H](CC(=O)c2ccccc2NCC)C(=O)O[C@@H]1C. The fourth-order valence-electron chi connectivity index (χ4n) is 13.0. The van der Waals surface area contributed by atoms with Gasteiger partial charge < -0.3 is 104 Å². The summed E-state index contributed by atoms with van der Waals surface area (Å²) in [5, 5.41) is 57.6. The molecule has 0 unspecified atom stereocenters. The van der Waals surface area contributed by atoms with Crippen LogP contribution in [0.25, 0.3) is 10.9 Å². The highest BCUT2D eigenvalue weighted by molar-refractivity contribution is 6.05. The van der Waals surface area contributed by atoms with E-state index in [-0.39, 0.29) is 63.0 Å². The number of nitrogens with two attached hydrogens (primary N) is 2. The molecule has 648 valence electrons. The van der Waals surface area contributed by atoms with Gasteiger partial charge in [-0.1, -0.05) is 82.7 Å². The van der Waals surface area contributed by atoms with E-state index in [1.54, 1.807) is 44.2 Å². The molecule has 1 aromatic heterocycles. The number of anilines is 1. The van der Waals surface area contributed by atoms with E-state index in [4.69, 9.17) is 25.7 Å². The average molecular weight is 1660 g/mol. The zero-order valence-corrected chi connectivity index (χ0v) is 66.8. The molecule has 3 aromatic rings. The zero-order chi connectivity index (χ0) is 87.7. The van der Waals surface area contributed by atoms with Crippen molar-refractivity contribution in [3.63, 3.8) is 0 Å². The van der Waals surface area contributed by atoms with Gasteiger partial charge in [0.25, 0.3) is 12.9 Å². The summed E-state index contributed by atoms with van der Waals surface area (Å²) < 4.78 is 15.3. The summed E-state index contributed by atoms with van der Waals surface area (Å²) >= 11 is 0. The summed E-state index contributed by atoms with van der Waals surface area (Å²) in [6, 6.07) is -2.02. The highest BCUT2D eigenvalue weighted by Gasteiger charge is 2.41. The lowest BCUT2D eigenvalue weighted by Crippen LogP contribution is -2.57. The van der Waals surface area contributed by atoms with Crippen molar-refractivity contribution in [2.45, 2.75) is 212 Å². The third kappa shape index (κ3) is 33.2. The lowest BCUT2D eigenvalue weighted by Gasteiger charge is -2.29. The Morgan fingerprint density at radius 2 is 1.25 bits per heavy atom. The van der Waals surface area contributed by atoms with Gasteiger partial charge in [-0.25, -0.2) is 4.79 Å². The Balaban J connectivity index is 1.90. The van der Waals surface area contributed by atoms with Gasteiger partial charge in [0, 0.05) is 85.3 Å². The number of carbonyl (C=O) groups is 20. The summed E-state index contributed by atoms with van der Waals surface area (Å²) in [5.74, 6) is -29.0. The number of unbranched alkanes of at least 4 members (excludes halogenated alkanes) is 6. The highest BCUT2D eigenvalue weighted by atomic mass is 16.5. The maximum Gasteiger partial charge on any atom is 0.329 e. The van der Waals surface area contributed by atoms with Crippen molar-refractivity contribution in [2.24, 2.45) is 35.1 Å². The number of carbonyl (C=O) groups excluding carboxylic acids is 18. The number of ketones is 4. The number of nitrogens with one attached hydrogen (secondary N) is 12. The molecule has 118 heavy (non-hydrogen) atoms. The van der Waals surface area contributed by atoms with E-state index in [0.29, 0.717) is 35.0 Å². The van der Waals surface area contributed by atoms with Crippen molar-refractivity contribution in [3.8, 4) is 0 Å². The minimum atomic E-state index is -2.35. The van der Waals surface area contributed by atoms with E-state index in [9.17, 15) is 106 Å². The molecule has 4 rings (SSSR count). The molecule has 40 nitrogen and oxygen atoms in total. The van der Waals surface area contributed by atoms with Crippen molar-refractivity contribution < 1.29 is 125 Å². The minimum absolute atomic E-state index is 0.00397. The van der Waals surface area contributed by atoms with Crippen molar-refractivity contribution in [3.05, 3.63) is 65.4 Å². The zero-order valence-electron chi connectivity index (χ0n) is 66.8. The molecule has 11 amide bonds. The highest BCUT2D eigenvalue weighted by Crippen LogP contribution is 2.27. The molecule has 1 fully saturated rings. The molecule has 13 atom stereocenters. The number of aromatic nitrogens is 1. The third-order valence-electron chi connectivity index (χ3n) is 19.4. The number of aromatic amines is 1. The number of aryl methyl sites for hydroxylation is 1. The van der Waals surface area contributed by atoms with Gasteiger partial charge in [-0.15, -0.1) is 0 Å². The topological polar surface area (TPSA) is 630 Å². The molecular weight excluding hydrogens is 1550 g/mol. The van der Waals surface area contributed by atoms with E-state index in [1.165, 1.54) is 25.1 Å². The van der Waals surface area contributed by atoms with Gasteiger partial charge in [-0.3, -0.25) is 91.1 Å². The minimum Gasteiger partial charge on any atom is -0.481 e. The second-order valence-electron chi connectivity index (χ2n) is 28.7. The number of H-pyrrole nitrogens is 1. The van der Waals surface area contributed by atoms with E-state index in [2.05, 4.69) is 70.4 Å². The number of cyclic esters (lactones) is 1. The smallest absolute Gasteiger partial charge is 0.329 e. The number of amides is 11. The van der Waals surface area contributed by atoms with Gasteiger partial charge >= 0.3 is 17.9 Å². The molecule has 2 aromatic carbocycles. The number of esters is 1. The number of hydrogen-bond donors (Lipinski definition) is 17. The van der Waals surface area contributed by atoms with E-state index in [0.717, 1.165) is 46.0 Å². The molecule has 40 heteroatoms. The van der Waals surface area contributed by atoms with Crippen LogP contribution in [0.15, 0.2) is 48.5 Å². The molecule has 1 aliphatic heterocycles. The number of hydrogen-bond acceptors (Lipinski definition) is 26. The standard InChI is InChI=1S/C78H110N14O26/c1-7-9-10-11-12-13-14-25-65(101)87-56(31-51-43(4)84-53-23-18-15-20-48(51)53)76(113)89-55(34-64(80)100)62(98)28-46(30-69(106)107)72(109)92-70-45(6)118-78(115)57(33-60(96)49-21-16-17-22-52(49)81-8-2)90-74(111)50(42(3)27-68(104)105)32-63(99)58(37-93)88-67(103)35-82-75(112)59(39-117-41-95)91-71(108)44(5)85-73(110)47(38-116-40-94)29-61(97)54(24-19-26-79)86-66(102)36-83-77(70)114/h15-18,20-23,40-42,44-47,50,54-59,70,81,84,93H,7-14,19,24-39,79H2,1-6H3,(H2,80,100)(H,82,112)(H,83,114)(H,85,110)(H,86,102)(H,87,101)(H,88,103)(H,89,113)(H,90,111)(H,91,108)(H,92,109)(H,104,105)(H,106,107)/t42-,44-,45-,46+,47+,50+,54+,55-,56+,57+,58-,59+,70+/m1/s1. The maximum atomic E-state index is 15.0. The number of aliphatic carboxylic acids is 2. The molecule has 2 heterocycles. The lowest BCUT2D eigenvalue weighted by atomic mass is 9.84. The molecule has 0 spiro atoms. The van der Waals surface area contributed by atoms with Crippen molar-refractivity contribution in [1.82, 2.24) is 58.2 Å². The summed E-state index contributed by atoms with van der Waals surface area (Å²) in [6.07, 6.45) is -3.66. The molecular formula is C78H110N14O26. The lowest BCUT2D eigenvalue weighted by molar-refractivity contribution is -0.156. The van der Waals surface area contributed by atoms with Crippen LogP contribution in [-0.4, -0.2) is 240 Å². The predicted octanol–water partition coefficient (Wildman–Crippen LogP) is -1.80. The first-order chi connectivity index (χ1) is 56.1. The first-order valence-electron chi connectivity index (χ1n) is 38.9. The average Bonchev–Trinajstić information content (AvgIpc) is 1.64. The van der Waals surface area contributed by atoms with Gasteiger partial charge in [0.15, 0.2) is 23.1 Å². The van der Waals surface area contributed by atoms with Crippen LogP contribution in [0.1, 0.15) is 165 Å². The fraction of sp³-hybridized carbons (Fsp3) is 0.564. The predicted molar refractivity (Wildman–Crippen MR) is 418 cm³/mol. The van der Waals surface area contributed by atoms with Crippen LogP contribution < -0.4 is 70.0 Å². The monoisotopic (exact) mass is 1660 g/mol. The van der Waals surface area contributed by atoms with Gasteiger partial charge in [0.05, 0.1) is 56.5 Å². The third-order valence-corrected chi connectivity index (χ3v) is 19.4. The second kappa shape index (κ2) is 51.1.